The predicted molar refractivity (Wildman–Crippen MR) is 111 cm³/mol. The summed E-state index contributed by atoms with van der Waals surface area (Å²) in [5, 5.41) is 5.91. The second-order valence-electron chi connectivity index (χ2n) is 7.62. The molecule has 6 nitrogen and oxygen atoms in total. The Bertz CT molecular complexity index is 664. The number of anilines is 2. The summed E-state index contributed by atoms with van der Waals surface area (Å²) in [6.07, 6.45) is 2.12. The van der Waals surface area contributed by atoms with E-state index >= 15 is 0 Å². The first-order valence-corrected chi connectivity index (χ1v) is 9.94. The Hall–Kier alpha value is -2.08. The van der Waals surface area contributed by atoms with E-state index in [1.165, 1.54) is 0 Å². The highest BCUT2D eigenvalue weighted by Gasteiger charge is 2.56. The molecular weight excluding hydrogens is 340 g/mol. The molecule has 1 aromatic rings. The van der Waals surface area contributed by atoms with Gasteiger partial charge in [-0.1, -0.05) is 0 Å². The van der Waals surface area contributed by atoms with Crippen LogP contribution in [0.15, 0.2) is 18.2 Å². The maximum absolute atomic E-state index is 12.8. The number of nitrogens with zero attached hydrogens (tertiary/aromatic N) is 2. The minimum absolute atomic E-state index is 0.142. The summed E-state index contributed by atoms with van der Waals surface area (Å²) in [6.45, 7) is 9.65. The smallest absolute Gasteiger partial charge is 0.240 e. The van der Waals surface area contributed by atoms with E-state index in [-0.39, 0.29) is 11.8 Å². The number of benzene rings is 1. The van der Waals surface area contributed by atoms with Crippen molar-refractivity contribution in [1.29, 1.82) is 0 Å². The molecule has 6 heteroatoms. The lowest BCUT2D eigenvalue weighted by Crippen LogP contribution is -2.40. The summed E-state index contributed by atoms with van der Waals surface area (Å²) in [7, 11) is 4.01. The number of amides is 2. The van der Waals surface area contributed by atoms with Crippen LogP contribution in [0.5, 0.6) is 0 Å². The number of rotatable bonds is 10. The fourth-order valence-electron chi connectivity index (χ4n) is 3.26. The van der Waals surface area contributed by atoms with Gasteiger partial charge in [0.1, 0.15) is 5.41 Å². The van der Waals surface area contributed by atoms with Gasteiger partial charge in [-0.05, 0) is 84.4 Å². The van der Waals surface area contributed by atoms with E-state index in [0.29, 0.717) is 19.4 Å². The second-order valence-corrected chi connectivity index (χ2v) is 7.62. The van der Waals surface area contributed by atoms with Crippen LogP contribution in [0.1, 0.15) is 38.7 Å². The Balaban J connectivity index is 1.97. The van der Waals surface area contributed by atoms with E-state index in [2.05, 4.69) is 40.3 Å². The van der Waals surface area contributed by atoms with Crippen LogP contribution < -0.4 is 15.5 Å². The maximum atomic E-state index is 12.8. The molecule has 2 rings (SSSR count). The van der Waals surface area contributed by atoms with Crippen molar-refractivity contribution in [3.63, 3.8) is 0 Å². The number of nitrogens with one attached hydrogen (secondary N) is 2. The van der Waals surface area contributed by atoms with Gasteiger partial charge in [0.25, 0.3) is 0 Å². The summed E-state index contributed by atoms with van der Waals surface area (Å²) in [5.41, 5.74) is 2.05. The standard InChI is InChI=1S/C21H34N4O2/c1-6-25(7-2)17-9-10-18(16(3)15-17)23-20(27)21(11-12-21)19(26)22-13-8-14-24(4)5/h9-10,15H,6-8,11-14H2,1-5H3,(H,22,26)(H,23,27). The minimum atomic E-state index is -0.887. The molecular formula is C21H34N4O2. The molecule has 2 N–H and O–H groups in total. The largest absolute Gasteiger partial charge is 0.372 e. The molecule has 0 bridgehead atoms. The molecule has 0 atom stereocenters. The molecule has 0 radical (unpaired) electrons. The minimum Gasteiger partial charge on any atom is -0.372 e. The molecule has 1 saturated carbocycles. The van der Waals surface area contributed by atoms with E-state index in [4.69, 9.17) is 0 Å². The van der Waals surface area contributed by atoms with E-state index in [0.717, 1.165) is 43.0 Å². The van der Waals surface area contributed by atoms with E-state index < -0.39 is 5.41 Å². The molecule has 0 aromatic heterocycles. The summed E-state index contributed by atoms with van der Waals surface area (Å²) in [5.74, 6) is -0.331. The van der Waals surface area contributed by atoms with Crippen molar-refractivity contribution in [3.8, 4) is 0 Å². The molecule has 0 aliphatic heterocycles. The Labute approximate surface area is 163 Å². The summed E-state index contributed by atoms with van der Waals surface area (Å²) < 4.78 is 0. The van der Waals surface area contributed by atoms with Gasteiger partial charge in [0, 0.05) is 31.0 Å². The topological polar surface area (TPSA) is 64.7 Å². The third-order valence-electron chi connectivity index (χ3n) is 5.27. The lowest BCUT2D eigenvalue weighted by Gasteiger charge is -2.23. The van der Waals surface area contributed by atoms with Gasteiger partial charge >= 0.3 is 0 Å². The zero-order valence-corrected chi connectivity index (χ0v) is 17.4. The Morgan fingerprint density at radius 2 is 1.78 bits per heavy atom. The molecule has 0 heterocycles. The van der Waals surface area contributed by atoms with E-state index in [9.17, 15) is 9.59 Å². The molecule has 1 fully saturated rings. The van der Waals surface area contributed by atoms with Gasteiger partial charge in [-0.25, -0.2) is 0 Å². The zero-order valence-electron chi connectivity index (χ0n) is 17.4. The highest BCUT2D eigenvalue weighted by Crippen LogP contribution is 2.47. The lowest BCUT2D eigenvalue weighted by molar-refractivity contribution is -0.134. The SMILES string of the molecule is CCN(CC)c1ccc(NC(=O)C2(C(=O)NCCCN(C)C)CC2)c(C)c1. The van der Waals surface area contributed by atoms with Gasteiger partial charge < -0.3 is 20.4 Å². The van der Waals surface area contributed by atoms with Gasteiger partial charge in [0.2, 0.25) is 11.8 Å². The van der Waals surface area contributed by atoms with Crippen LogP contribution in [0.25, 0.3) is 0 Å². The van der Waals surface area contributed by atoms with Crippen molar-refractivity contribution in [1.82, 2.24) is 10.2 Å². The van der Waals surface area contributed by atoms with Crippen LogP contribution in [-0.4, -0.2) is 57.0 Å². The second kappa shape index (κ2) is 9.22. The van der Waals surface area contributed by atoms with E-state index in [1.807, 2.05) is 33.2 Å². The maximum Gasteiger partial charge on any atom is 0.240 e. The monoisotopic (exact) mass is 374 g/mol. The number of aryl methyl sites for hydroxylation is 1. The third-order valence-corrected chi connectivity index (χ3v) is 5.27. The summed E-state index contributed by atoms with van der Waals surface area (Å²) in [6, 6.07) is 6.05. The molecule has 2 amide bonds. The highest BCUT2D eigenvalue weighted by atomic mass is 16.2. The molecule has 1 aliphatic carbocycles. The first-order chi connectivity index (χ1) is 12.8. The summed E-state index contributed by atoms with van der Waals surface area (Å²) in [4.78, 5) is 29.6. The average molecular weight is 375 g/mol. The molecule has 0 saturated heterocycles. The molecule has 150 valence electrons. The van der Waals surface area contributed by atoms with Crippen LogP contribution in [0.2, 0.25) is 0 Å². The van der Waals surface area contributed by atoms with Crippen molar-refractivity contribution in [2.24, 2.45) is 5.41 Å². The molecule has 1 aliphatic rings. The average Bonchev–Trinajstić information content (AvgIpc) is 3.43. The van der Waals surface area contributed by atoms with E-state index in [1.54, 1.807) is 0 Å². The third kappa shape index (κ3) is 5.22. The fraction of sp³-hybridized carbons (Fsp3) is 0.619. The van der Waals surface area contributed by atoms with Gasteiger partial charge in [0.05, 0.1) is 0 Å². The molecule has 1 aromatic carbocycles. The van der Waals surface area contributed by atoms with Crippen molar-refractivity contribution in [2.75, 3.05) is 50.5 Å². The van der Waals surface area contributed by atoms with Crippen LogP contribution in [-0.2, 0) is 9.59 Å². The van der Waals surface area contributed by atoms with Crippen LogP contribution in [0, 0.1) is 12.3 Å². The molecule has 0 spiro atoms. The number of carbonyl (C=O) groups excluding carboxylic acids is 2. The van der Waals surface area contributed by atoms with Gasteiger partial charge in [-0.2, -0.15) is 0 Å². The summed E-state index contributed by atoms with van der Waals surface area (Å²) >= 11 is 0. The first kappa shape index (κ1) is 21.2. The number of carbonyl (C=O) groups is 2. The predicted octanol–water partition coefficient (Wildman–Crippen LogP) is 2.63. The number of hydrogen-bond donors (Lipinski definition) is 2. The zero-order chi connectivity index (χ0) is 20.0. The highest BCUT2D eigenvalue weighted by molar-refractivity contribution is 6.13. The van der Waals surface area contributed by atoms with Gasteiger partial charge in [-0.15, -0.1) is 0 Å². The fourth-order valence-corrected chi connectivity index (χ4v) is 3.26. The van der Waals surface area contributed by atoms with Crippen LogP contribution >= 0.6 is 0 Å². The molecule has 27 heavy (non-hydrogen) atoms. The quantitative estimate of drug-likeness (QED) is 0.488. The Morgan fingerprint density at radius 1 is 1.11 bits per heavy atom. The van der Waals surface area contributed by atoms with Crippen molar-refractivity contribution >= 4 is 23.2 Å². The molecule has 0 unspecified atom stereocenters. The van der Waals surface area contributed by atoms with Crippen molar-refractivity contribution < 1.29 is 9.59 Å². The number of hydrogen-bond acceptors (Lipinski definition) is 4. The van der Waals surface area contributed by atoms with Gasteiger partial charge in [0.15, 0.2) is 0 Å². The van der Waals surface area contributed by atoms with Crippen LogP contribution in [0.4, 0.5) is 11.4 Å². The lowest BCUT2D eigenvalue weighted by atomic mass is 10.0. The first-order valence-electron chi connectivity index (χ1n) is 9.94. The van der Waals surface area contributed by atoms with Crippen molar-refractivity contribution in [3.05, 3.63) is 23.8 Å². The Kier molecular flexibility index (Phi) is 7.25. The van der Waals surface area contributed by atoms with Gasteiger partial charge in [-0.3, -0.25) is 9.59 Å². The van der Waals surface area contributed by atoms with Crippen molar-refractivity contribution in [2.45, 2.75) is 40.0 Å². The Morgan fingerprint density at radius 3 is 2.30 bits per heavy atom. The normalized spacial score (nSPS) is 14.7. The van der Waals surface area contributed by atoms with Crippen LogP contribution in [0.3, 0.4) is 0 Å².